The molecule has 160 valence electrons. The number of rotatable bonds is 4. The molecule has 3 heterocycles. The fraction of sp³-hybridized carbons (Fsp3) is 0.636. The summed E-state index contributed by atoms with van der Waals surface area (Å²) in [5.74, 6) is -0.495. The van der Waals surface area contributed by atoms with Crippen LogP contribution in [0.4, 0.5) is 4.79 Å². The van der Waals surface area contributed by atoms with Gasteiger partial charge in [0.2, 0.25) is 0 Å². The third-order valence-corrected chi connectivity index (χ3v) is 5.17. The van der Waals surface area contributed by atoms with Crippen molar-refractivity contribution in [2.45, 2.75) is 71.4 Å². The molecule has 29 heavy (non-hydrogen) atoms. The standard InChI is InChI=1S/C22H31ClN2O4/c1-21(2,3)29-20(26)25-10-8-16(9-11-25)19-18(23)12-15(13-24-19)6-7-17-14-27-22(4,5)28-17/h8,12-13,17H,6-7,9-11,14H2,1-5H3. The van der Waals surface area contributed by atoms with Gasteiger partial charge in [-0.2, -0.15) is 0 Å². The molecule has 0 bridgehead atoms. The second kappa shape index (κ2) is 8.62. The first-order chi connectivity index (χ1) is 13.5. The van der Waals surface area contributed by atoms with Gasteiger partial charge in [0.15, 0.2) is 5.79 Å². The van der Waals surface area contributed by atoms with E-state index in [1.165, 1.54) is 0 Å². The molecule has 0 aromatic carbocycles. The topological polar surface area (TPSA) is 60.9 Å². The number of carbonyl (C=O) groups is 1. The van der Waals surface area contributed by atoms with Crippen LogP contribution < -0.4 is 0 Å². The summed E-state index contributed by atoms with van der Waals surface area (Å²) >= 11 is 6.53. The molecule has 0 spiro atoms. The quantitative estimate of drug-likeness (QED) is 0.694. The van der Waals surface area contributed by atoms with Gasteiger partial charge in [0.25, 0.3) is 0 Å². The Morgan fingerprint density at radius 3 is 2.72 bits per heavy atom. The number of hydrogen-bond acceptors (Lipinski definition) is 5. The minimum absolute atomic E-state index is 0.100. The zero-order chi connectivity index (χ0) is 21.2. The molecule has 3 rings (SSSR count). The molecule has 1 saturated heterocycles. The molecule has 1 amide bonds. The van der Waals surface area contributed by atoms with E-state index in [-0.39, 0.29) is 12.2 Å². The van der Waals surface area contributed by atoms with E-state index in [0.29, 0.717) is 31.1 Å². The van der Waals surface area contributed by atoms with Gasteiger partial charge in [-0.05, 0) is 71.1 Å². The van der Waals surface area contributed by atoms with Gasteiger partial charge in [0.1, 0.15) is 5.60 Å². The van der Waals surface area contributed by atoms with E-state index >= 15 is 0 Å². The summed E-state index contributed by atoms with van der Waals surface area (Å²) in [6.45, 7) is 11.2. The molecule has 1 unspecified atom stereocenters. The average Bonchev–Trinajstić information content (AvgIpc) is 2.98. The number of aryl methyl sites for hydroxylation is 1. The Morgan fingerprint density at radius 2 is 2.17 bits per heavy atom. The minimum atomic E-state index is -0.495. The van der Waals surface area contributed by atoms with Crippen molar-refractivity contribution in [2.24, 2.45) is 0 Å². The lowest BCUT2D eigenvalue weighted by Crippen LogP contribution is -2.39. The highest BCUT2D eigenvalue weighted by Gasteiger charge is 2.32. The number of aromatic nitrogens is 1. The first-order valence-corrected chi connectivity index (χ1v) is 10.5. The van der Waals surface area contributed by atoms with E-state index in [0.717, 1.165) is 29.7 Å². The fourth-order valence-corrected chi connectivity index (χ4v) is 3.77. The predicted octanol–water partition coefficient (Wildman–Crippen LogP) is 4.84. The van der Waals surface area contributed by atoms with Gasteiger partial charge >= 0.3 is 6.09 Å². The highest BCUT2D eigenvalue weighted by molar-refractivity contribution is 6.32. The van der Waals surface area contributed by atoms with Gasteiger partial charge in [0, 0.05) is 19.3 Å². The third kappa shape index (κ3) is 6.17. The number of nitrogens with zero attached hydrogens (tertiary/aromatic N) is 2. The van der Waals surface area contributed by atoms with Crippen LogP contribution in [0.1, 0.15) is 58.7 Å². The Hall–Kier alpha value is -1.63. The van der Waals surface area contributed by atoms with Crippen LogP contribution >= 0.6 is 11.6 Å². The van der Waals surface area contributed by atoms with Gasteiger partial charge in [-0.25, -0.2) is 4.79 Å². The monoisotopic (exact) mass is 422 g/mol. The largest absolute Gasteiger partial charge is 0.444 e. The number of carbonyl (C=O) groups excluding carboxylic acids is 1. The molecule has 2 aliphatic rings. The third-order valence-electron chi connectivity index (χ3n) is 4.89. The normalized spacial score (nSPS) is 21.8. The Kier molecular flexibility index (Phi) is 6.56. The van der Waals surface area contributed by atoms with Crippen LogP contribution in [0.2, 0.25) is 5.02 Å². The molecular formula is C22H31ClN2O4. The Labute approximate surface area is 178 Å². The Morgan fingerprint density at radius 1 is 1.41 bits per heavy atom. The smallest absolute Gasteiger partial charge is 0.410 e. The molecule has 2 aliphatic heterocycles. The van der Waals surface area contributed by atoms with Crippen molar-refractivity contribution in [3.63, 3.8) is 0 Å². The maximum absolute atomic E-state index is 12.2. The first kappa shape index (κ1) is 22.1. The van der Waals surface area contributed by atoms with Crippen LogP contribution in [0, 0.1) is 0 Å². The SMILES string of the molecule is CC(C)(C)OC(=O)N1CC=C(c2ncc(CCC3COC(C)(C)O3)cc2Cl)CC1. The van der Waals surface area contributed by atoms with E-state index in [4.69, 9.17) is 25.8 Å². The van der Waals surface area contributed by atoms with Crippen molar-refractivity contribution < 1.29 is 19.0 Å². The average molecular weight is 423 g/mol. The highest BCUT2D eigenvalue weighted by atomic mass is 35.5. The van der Waals surface area contributed by atoms with Crippen LogP contribution in [0.3, 0.4) is 0 Å². The summed E-state index contributed by atoms with van der Waals surface area (Å²) in [6.07, 6.45) is 6.10. The second-order valence-electron chi connectivity index (χ2n) is 9.07. The van der Waals surface area contributed by atoms with Crippen molar-refractivity contribution in [1.82, 2.24) is 9.88 Å². The number of halogens is 1. The van der Waals surface area contributed by atoms with E-state index in [9.17, 15) is 4.79 Å². The van der Waals surface area contributed by atoms with Crippen molar-refractivity contribution in [2.75, 3.05) is 19.7 Å². The molecule has 1 aromatic rings. The van der Waals surface area contributed by atoms with E-state index in [1.807, 2.05) is 53.0 Å². The van der Waals surface area contributed by atoms with Crippen LogP contribution in [0.5, 0.6) is 0 Å². The first-order valence-electron chi connectivity index (χ1n) is 10.2. The summed E-state index contributed by atoms with van der Waals surface area (Å²) in [6, 6.07) is 1.98. The molecule has 0 aliphatic carbocycles. The van der Waals surface area contributed by atoms with Crippen LogP contribution in [0.15, 0.2) is 18.3 Å². The van der Waals surface area contributed by atoms with Crippen LogP contribution in [0.25, 0.3) is 5.57 Å². The van der Waals surface area contributed by atoms with Crippen LogP contribution in [-0.2, 0) is 20.6 Å². The lowest BCUT2D eigenvalue weighted by atomic mass is 10.0. The van der Waals surface area contributed by atoms with Crippen molar-refractivity contribution in [1.29, 1.82) is 0 Å². The molecule has 0 saturated carbocycles. The molecule has 7 heteroatoms. The Bertz CT molecular complexity index is 786. The molecule has 1 atom stereocenters. The van der Waals surface area contributed by atoms with E-state index in [2.05, 4.69) is 4.98 Å². The van der Waals surface area contributed by atoms with Crippen LogP contribution in [-0.4, -0.2) is 53.2 Å². The van der Waals surface area contributed by atoms with Gasteiger partial charge < -0.3 is 19.1 Å². The number of ether oxygens (including phenoxy) is 3. The van der Waals surface area contributed by atoms with Crippen molar-refractivity contribution in [3.05, 3.63) is 34.6 Å². The summed E-state index contributed by atoms with van der Waals surface area (Å²) in [5, 5.41) is 0.642. The lowest BCUT2D eigenvalue weighted by Gasteiger charge is -2.29. The summed E-state index contributed by atoms with van der Waals surface area (Å²) < 4.78 is 16.9. The molecule has 0 N–H and O–H groups in total. The van der Waals surface area contributed by atoms with Crippen molar-refractivity contribution in [3.8, 4) is 0 Å². The van der Waals surface area contributed by atoms with Gasteiger partial charge in [-0.3, -0.25) is 4.98 Å². The van der Waals surface area contributed by atoms with Gasteiger partial charge in [-0.1, -0.05) is 17.7 Å². The predicted molar refractivity (Wildman–Crippen MR) is 113 cm³/mol. The number of amides is 1. The highest BCUT2D eigenvalue weighted by Crippen LogP contribution is 2.29. The maximum Gasteiger partial charge on any atom is 0.410 e. The molecule has 1 fully saturated rings. The zero-order valence-electron chi connectivity index (χ0n) is 18.0. The molecule has 0 radical (unpaired) electrons. The number of hydrogen-bond donors (Lipinski definition) is 0. The molecule has 1 aromatic heterocycles. The minimum Gasteiger partial charge on any atom is -0.444 e. The summed E-state index contributed by atoms with van der Waals surface area (Å²) in [7, 11) is 0. The fourth-order valence-electron chi connectivity index (χ4n) is 3.46. The summed E-state index contributed by atoms with van der Waals surface area (Å²) in [5.41, 5.74) is 2.45. The second-order valence-corrected chi connectivity index (χ2v) is 9.48. The Balaban J connectivity index is 1.57. The summed E-state index contributed by atoms with van der Waals surface area (Å²) in [4.78, 5) is 18.5. The van der Waals surface area contributed by atoms with E-state index in [1.54, 1.807) is 4.90 Å². The maximum atomic E-state index is 12.2. The molecule has 6 nitrogen and oxygen atoms in total. The molecular weight excluding hydrogens is 392 g/mol. The van der Waals surface area contributed by atoms with E-state index < -0.39 is 11.4 Å². The lowest BCUT2D eigenvalue weighted by molar-refractivity contribution is -0.138. The van der Waals surface area contributed by atoms with Crippen molar-refractivity contribution >= 4 is 23.3 Å². The van der Waals surface area contributed by atoms with Gasteiger partial charge in [0.05, 0.1) is 23.4 Å². The van der Waals surface area contributed by atoms with Gasteiger partial charge in [-0.15, -0.1) is 0 Å². The number of pyridine rings is 1. The zero-order valence-corrected chi connectivity index (χ0v) is 18.7.